The number of carbonyl (C=O) groups is 1. The lowest BCUT2D eigenvalue weighted by atomic mass is 10.0. The Balaban J connectivity index is 2.02. The van der Waals surface area contributed by atoms with Crippen LogP contribution in [-0.4, -0.2) is 30.9 Å². The number of aromatic nitrogens is 4. The topological polar surface area (TPSA) is 104 Å². The maximum Gasteiger partial charge on any atom is 0.222 e. The first-order valence-corrected chi connectivity index (χ1v) is 9.37. The van der Waals surface area contributed by atoms with E-state index in [1.165, 1.54) is 6.92 Å². The lowest BCUT2D eigenvalue weighted by Crippen LogP contribution is -2.07. The van der Waals surface area contributed by atoms with Gasteiger partial charge in [-0.1, -0.05) is 17.7 Å². The van der Waals surface area contributed by atoms with Crippen molar-refractivity contribution in [2.75, 3.05) is 5.32 Å². The zero-order valence-corrected chi connectivity index (χ0v) is 16.5. The van der Waals surface area contributed by atoms with Crippen LogP contribution >= 0.6 is 11.6 Å². The molecule has 0 fully saturated rings. The Labute approximate surface area is 171 Å². The summed E-state index contributed by atoms with van der Waals surface area (Å²) >= 11 is 6.14. The second kappa shape index (κ2) is 7.62. The molecule has 0 aliphatic heterocycles. The summed E-state index contributed by atoms with van der Waals surface area (Å²) < 4.78 is 0. The van der Waals surface area contributed by atoms with E-state index in [1.807, 2.05) is 18.2 Å². The Bertz CT molecular complexity index is 1220. The molecule has 0 radical (unpaired) electrons. The third kappa shape index (κ3) is 3.70. The van der Waals surface area contributed by atoms with E-state index in [4.69, 9.17) is 11.6 Å². The molecule has 0 aliphatic carbocycles. The molecule has 0 saturated carbocycles. The van der Waals surface area contributed by atoms with Crippen molar-refractivity contribution in [2.24, 2.45) is 0 Å². The minimum Gasteiger partial charge on any atom is -0.389 e. The fourth-order valence-electron chi connectivity index (χ4n) is 3.30. The smallest absolute Gasteiger partial charge is 0.222 e. The van der Waals surface area contributed by atoms with Crippen LogP contribution in [0.4, 0.5) is 5.82 Å². The van der Waals surface area contributed by atoms with Crippen LogP contribution < -0.4 is 5.32 Å². The fourth-order valence-corrected chi connectivity index (χ4v) is 3.46. The van der Waals surface area contributed by atoms with E-state index in [-0.39, 0.29) is 5.91 Å². The van der Waals surface area contributed by atoms with Crippen molar-refractivity contribution < 1.29 is 9.90 Å². The Morgan fingerprint density at radius 2 is 2.00 bits per heavy atom. The van der Waals surface area contributed by atoms with Crippen LogP contribution in [0.3, 0.4) is 0 Å². The van der Waals surface area contributed by atoms with E-state index in [1.54, 1.807) is 37.5 Å². The predicted octanol–water partition coefficient (Wildman–Crippen LogP) is 4.35. The van der Waals surface area contributed by atoms with E-state index in [0.717, 1.165) is 22.4 Å². The van der Waals surface area contributed by atoms with Crippen LogP contribution in [0, 0.1) is 0 Å². The first-order valence-electron chi connectivity index (χ1n) is 8.99. The number of amides is 1. The Morgan fingerprint density at radius 1 is 1.21 bits per heavy atom. The van der Waals surface area contributed by atoms with Gasteiger partial charge in [0.1, 0.15) is 11.0 Å². The number of aliphatic hydroxyl groups is 1. The van der Waals surface area contributed by atoms with Crippen molar-refractivity contribution in [2.45, 2.75) is 20.0 Å². The number of carbonyl (C=O) groups excluding carboxylic acids is 1. The number of H-pyrrole nitrogens is 1. The number of hydrogen-bond donors (Lipinski definition) is 3. The standard InChI is InChI=1S/C21H18ClN5O2/c1-11(28)14-7-9-24-21-18(15-4-3-5-16(22)26-15)19(27-20(14)21)13-6-8-23-17(10-13)25-12(2)29/h3-11,27-28H,1-2H3,(H,23,25,29). The molecule has 4 heterocycles. The highest BCUT2D eigenvalue weighted by Crippen LogP contribution is 2.39. The number of halogens is 1. The number of nitrogens with zero attached hydrogens (tertiary/aromatic N) is 3. The molecule has 0 spiro atoms. The molecule has 1 atom stereocenters. The van der Waals surface area contributed by atoms with E-state index in [0.29, 0.717) is 27.7 Å². The first-order chi connectivity index (χ1) is 13.9. The van der Waals surface area contributed by atoms with E-state index < -0.39 is 6.10 Å². The summed E-state index contributed by atoms with van der Waals surface area (Å²) in [5, 5.41) is 13.3. The number of aromatic amines is 1. The first kappa shape index (κ1) is 19.0. The SMILES string of the molecule is CC(=O)Nc1cc(-c2[nH]c3c(C(C)O)ccnc3c2-c2cccc(Cl)n2)ccn1. The molecule has 8 heteroatoms. The Hall–Kier alpha value is -3.29. The third-order valence-electron chi connectivity index (χ3n) is 4.49. The van der Waals surface area contributed by atoms with E-state index >= 15 is 0 Å². The van der Waals surface area contributed by atoms with Crippen LogP contribution in [0.1, 0.15) is 25.5 Å². The number of rotatable bonds is 4. The van der Waals surface area contributed by atoms with Gasteiger partial charge in [0.15, 0.2) is 0 Å². The summed E-state index contributed by atoms with van der Waals surface area (Å²) in [5.74, 6) is 0.225. The largest absolute Gasteiger partial charge is 0.389 e. The molecule has 0 aromatic carbocycles. The van der Waals surface area contributed by atoms with Gasteiger partial charge in [-0.15, -0.1) is 0 Å². The molecular formula is C21H18ClN5O2. The maximum absolute atomic E-state index is 11.4. The molecule has 1 amide bonds. The third-order valence-corrected chi connectivity index (χ3v) is 4.70. The molecule has 4 rings (SSSR count). The van der Waals surface area contributed by atoms with Crippen molar-refractivity contribution in [3.63, 3.8) is 0 Å². The van der Waals surface area contributed by atoms with Gasteiger partial charge in [-0.25, -0.2) is 9.97 Å². The van der Waals surface area contributed by atoms with Crippen LogP contribution in [0.2, 0.25) is 5.15 Å². The van der Waals surface area contributed by atoms with Crippen molar-refractivity contribution >= 4 is 34.4 Å². The van der Waals surface area contributed by atoms with Crippen LogP contribution in [0.25, 0.3) is 33.5 Å². The second-order valence-electron chi connectivity index (χ2n) is 6.63. The summed E-state index contributed by atoms with van der Waals surface area (Å²) in [6.45, 7) is 3.13. The molecule has 7 nitrogen and oxygen atoms in total. The van der Waals surface area contributed by atoms with Gasteiger partial charge in [-0.2, -0.15) is 0 Å². The zero-order valence-electron chi connectivity index (χ0n) is 15.8. The molecule has 3 N–H and O–H groups in total. The summed E-state index contributed by atoms with van der Waals surface area (Å²) in [6, 6.07) is 10.7. The monoisotopic (exact) mass is 407 g/mol. The van der Waals surface area contributed by atoms with Gasteiger partial charge in [0.25, 0.3) is 0 Å². The summed E-state index contributed by atoms with van der Waals surface area (Å²) in [7, 11) is 0. The number of hydrogen-bond acceptors (Lipinski definition) is 5. The van der Waals surface area contributed by atoms with Gasteiger partial charge < -0.3 is 15.4 Å². The highest BCUT2D eigenvalue weighted by Gasteiger charge is 2.21. The van der Waals surface area contributed by atoms with Gasteiger partial charge in [-0.3, -0.25) is 9.78 Å². The molecule has 4 aromatic heterocycles. The van der Waals surface area contributed by atoms with Crippen LogP contribution in [0.5, 0.6) is 0 Å². The lowest BCUT2D eigenvalue weighted by molar-refractivity contribution is -0.114. The van der Waals surface area contributed by atoms with Gasteiger partial charge in [-0.05, 0) is 37.3 Å². The highest BCUT2D eigenvalue weighted by atomic mass is 35.5. The number of nitrogens with one attached hydrogen (secondary N) is 2. The minimum absolute atomic E-state index is 0.207. The van der Waals surface area contributed by atoms with Gasteiger partial charge in [0.05, 0.1) is 34.1 Å². The van der Waals surface area contributed by atoms with Gasteiger partial charge in [0, 0.05) is 30.4 Å². The number of anilines is 1. The summed E-state index contributed by atoms with van der Waals surface area (Å²) in [6.07, 6.45) is 2.59. The molecular weight excluding hydrogens is 390 g/mol. The predicted molar refractivity (Wildman–Crippen MR) is 113 cm³/mol. The normalized spacial score (nSPS) is 12.1. The van der Waals surface area contributed by atoms with Gasteiger partial charge >= 0.3 is 0 Å². The Kier molecular flexibility index (Phi) is 5.00. The van der Waals surface area contributed by atoms with Crippen molar-refractivity contribution in [3.8, 4) is 22.5 Å². The average molecular weight is 408 g/mol. The van der Waals surface area contributed by atoms with E-state index in [2.05, 4.69) is 25.3 Å². The van der Waals surface area contributed by atoms with Crippen molar-refractivity contribution in [1.29, 1.82) is 0 Å². The molecule has 29 heavy (non-hydrogen) atoms. The summed E-state index contributed by atoms with van der Waals surface area (Å²) in [4.78, 5) is 28.0. The Morgan fingerprint density at radius 3 is 2.72 bits per heavy atom. The average Bonchev–Trinajstić information content (AvgIpc) is 3.07. The molecule has 146 valence electrons. The summed E-state index contributed by atoms with van der Waals surface area (Å²) in [5.41, 5.74) is 5.04. The van der Waals surface area contributed by atoms with Crippen LogP contribution in [0.15, 0.2) is 48.8 Å². The number of pyridine rings is 3. The lowest BCUT2D eigenvalue weighted by Gasteiger charge is -2.07. The molecule has 4 aromatic rings. The molecule has 1 unspecified atom stereocenters. The van der Waals surface area contributed by atoms with Crippen LogP contribution in [-0.2, 0) is 4.79 Å². The highest BCUT2D eigenvalue weighted by molar-refractivity contribution is 6.29. The van der Waals surface area contributed by atoms with Crippen molar-refractivity contribution in [1.82, 2.24) is 19.9 Å². The fraction of sp³-hybridized carbons (Fsp3) is 0.143. The number of fused-ring (bicyclic) bond motifs is 1. The second-order valence-corrected chi connectivity index (χ2v) is 7.02. The van der Waals surface area contributed by atoms with E-state index in [9.17, 15) is 9.90 Å². The molecule has 0 bridgehead atoms. The van der Waals surface area contributed by atoms with Crippen molar-refractivity contribution in [3.05, 3.63) is 59.5 Å². The quantitative estimate of drug-likeness (QED) is 0.436. The molecule has 0 aliphatic rings. The number of aliphatic hydroxyl groups excluding tert-OH is 1. The van der Waals surface area contributed by atoms with Gasteiger partial charge in [0.2, 0.25) is 5.91 Å². The minimum atomic E-state index is -0.681. The molecule has 0 saturated heterocycles. The maximum atomic E-state index is 11.4. The zero-order chi connectivity index (χ0) is 20.5.